The van der Waals surface area contributed by atoms with E-state index in [0.717, 1.165) is 36.6 Å². The predicted molar refractivity (Wildman–Crippen MR) is 113 cm³/mol. The molecule has 3 aromatic rings. The zero-order valence-corrected chi connectivity index (χ0v) is 16.8. The maximum absolute atomic E-state index is 12.9. The van der Waals surface area contributed by atoms with Gasteiger partial charge < -0.3 is 14.5 Å². The van der Waals surface area contributed by atoms with E-state index in [1.807, 2.05) is 19.1 Å². The summed E-state index contributed by atoms with van der Waals surface area (Å²) < 4.78 is 11.1. The third-order valence-corrected chi connectivity index (χ3v) is 5.74. The molecule has 1 aliphatic rings. The van der Waals surface area contributed by atoms with Crippen molar-refractivity contribution in [2.75, 3.05) is 12.4 Å². The summed E-state index contributed by atoms with van der Waals surface area (Å²) in [6.07, 6.45) is 5.35. The molecule has 5 heteroatoms. The van der Waals surface area contributed by atoms with Gasteiger partial charge in [-0.1, -0.05) is 19.3 Å². The Hall–Kier alpha value is -3.08. The number of ketones is 1. The first-order chi connectivity index (χ1) is 14.1. The van der Waals surface area contributed by atoms with Crippen molar-refractivity contribution in [3.8, 4) is 5.75 Å². The van der Waals surface area contributed by atoms with Crippen LogP contribution in [0.15, 0.2) is 46.9 Å². The molecular weight excluding hydrogens is 366 g/mol. The fourth-order valence-corrected chi connectivity index (χ4v) is 4.00. The maximum Gasteiger partial charge on any atom is 0.228 e. The fourth-order valence-electron chi connectivity index (χ4n) is 4.00. The lowest BCUT2D eigenvalue weighted by Crippen LogP contribution is -2.24. The van der Waals surface area contributed by atoms with Gasteiger partial charge in [-0.05, 0) is 56.2 Å². The summed E-state index contributed by atoms with van der Waals surface area (Å²) >= 11 is 0. The van der Waals surface area contributed by atoms with Gasteiger partial charge in [-0.25, -0.2) is 0 Å². The number of nitrogens with one attached hydrogen (secondary N) is 1. The van der Waals surface area contributed by atoms with Crippen molar-refractivity contribution in [2.45, 2.75) is 39.0 Å². The van der Waals surface area contributed by atoms with Gasteiger partial charge in [0.05, 0.1) is 7.11 Å². The fraction of sp³-hybridized carbons (Fsp3) is 0.333. The second-order valence-corrected chi connectivity index (χ2v) is 7.65. The summed E-state index contributed by atoms with van der Waals surface area (Å²) in [7, 11) is 1.59. The minimum atomic E-state index is -0.172. The van der Waals surface area contributed by atoms with E-state index in [4.69, 9.17) is 9.15 Å². The third kappa shape index (κ3) is 3.90. The minimum Gasteiger partial charge on any atom is -0.497 e. The number of anilines is 1. The standard InChI is InChI=1S/C24H25NO4/c1-15-20-13-10-18(25-24(27)17-6-4-3-5-7-17)14-21(20)29-23(15)22(26)16-8-11-19(28-2)12-9-16/h8-14,17H,3-7H2,1-2H3,(H,25,27). The van der Waals surface area contributed by atoms with Crippen LogP contribution in [-0.4, -0.2) is 18.8 Å². The molecular formula is C24H25NO4. The molecule has 1 fully saturated rings. The smallest absolute Gasteiger partial charge is 0.228 e. The number of hydrogen-bond donors (Lipinski definition) is 1. The molecule has 1 N–H and O–H groups in total. The van der Waals surface area contributed by atoms with Crippen LogP contribution in [0.5, 0.6) is 5.75 Å². The van der Waals surface area contributed by atoms with Crippen LogP contribution < -0.4 is 10.1 Å². The number of carbonyl (C=O) groups excluding carboxylic acids is 2. The summed E-state index contributed by atoms with van der Waals surface area (Å²) in [5, 5.41) is 3.88. The molecule has 1 heterocycles. The summed E-state index contributed by atoms with van der Waals surface area (Å²) in [5.74, 6) is 1.00. The van der Waals surface area contributed by atoms with Gasteiger partial charge in [0, 0.05) is 34.2 Å². The number of benzene rings is 2. The monoisotopic (exact) mass is 391 g/mol. The zero-order valence-electron chi connectivity index (χ0n) is 16.8. The van der Waals surface area contributed by atoms with Crippen LogP contribution in [0.4, 0.5) is 5.69 Å². The minimum absolute atomic E-state index is 0.0712. The highest BCUT2D eigenvalue weighted by atomic mass is 16.5. The highest BCUT2D eigenvalue weighted by Gasteiger charge is 2.22. The van der Waals surface area contributed by atoms with Crippen molar-refractivity contribution in [1.82, 2.24) is 0 Å². The first kappa shape index (κ1) is 19.2. The van der Waals surface area contributed by atoms with Crippen LogP contribution in [0.25, 0.3) is 11.0 Å². The number of furan rings is 1. The van der Waals surface area contributed by atoms with Gasteiger partial charge in [0.1, 0.15) is 11.3 Å². The predicted octanol–water partition coefficient (Wildman–Crippen LogP) is 5.50. The van der Waals surface area contributed by atoms with E-state index in [1.165, 1.54) is 6.42 Å². The molecule has 1 amide bonds. The Labute approximate surface area is 170 Å². The lowest BCUT2D eigenvalue weighted by molar-refractivity contribution is -0.120. The van der Waals surface area contributed by atoms with Gasteiger partial charge in [0.15, 0.2) is 5.76 Å². The Morgan fingerprint density at radius 1 is 1.03 bits per heavy atom. The number of fused-ring (bicyclic) bond motifs is 1. The summed E-state index contributed by atoms with van der Waals surface area (Å²) in [5.41, 5.74) is 2.64. The van der Waals surface area contributed by atoms with Gasteiger partial charge in [-0.15, -0.1) is 0 Å². The molecule has 0 aliphatic heterocycles. The Morgan fingerprint density at radius 2 is 1.76 bits per heavy atom. The van der Waals surface area contributed by atoms with Crippen LogP contribution >= 0.6 is 0 Å². The number of carbonyl (C=O) groups is 2. The zero-order chi connectivity index (χ0) is 20.4. The Balaban J connectivity index is 1.57. The van der Waals surface area contributed by atoms with Gasteiger partial charge >= 0.3 is 0 Å². The van der Waals surface area contributed by atoms with E-state index in [-0.39, 0.29) is 17.6 Å². The molecule has 5 nitrogen and oxygen atoms in total. The van der Waals surface area contributed by atoms with Crippen LogP contribution in [0.3, 0.4) is 0 Å². The molecule has 1 aromatic heterocycles. The Morgan fingerprint density at radius 3 is 2.45 bits per heavy atom. The second-order valence-electron chi connectivity index (χ2n) is 7.65. The lowest BCUT2D eigenvalue weighted by atomic mass is 9.88. The van der Waals surface area contributed by atoms with Crippen LogP contribution in [0.1, 0.15) is 53.8 Å². The third-order valence-electron chi connectivity index (χ3n) is 5.74. The largest absolute Gasteiger partial charge is 0.497 e. The number of aryl methyl sites for hydroxylation is 1. The Bertz CT molecular complexity index is 1040. The van der Waals surface area contributed by atoms with Gasteiger partial charge in [0.25, 0.3) is 0 Å². The number of rotatable bonds is 5. The average Bonchev–Trinajstić information content (AvgIpc) is 3.09. The highest BCUT2D eigenvalue weighted by molar-refractivity contribution is 6.10. The van der Waals surface area contributed by atoms with Crippen molar-refractivity contribution in [3.05, 3.63) is 59.4 Å². The molecule has 0 radical (unpaired) electrons. The molecule has 4 rings (SSSR count). The summed E-state index contributed by atoms with van der Waals surface area (Å²) in [6, 6.07) is 12.5. The van der Waals surface area contributed by atoms with E-state index in [0.29, 0.717) is 28.3 Å². The van der Waals surface area contributed by atoms with Crippen molar-refractivity contribution >= 4 is 28.3 Å². The van der Waals surface area contributed by atoms with Crippen molar-refractivity contribution in [1.29, 1.82) is 0 Å². The maximum atomic E-state index is 12.9. The molecule has 0 bridgehead atoms. The van der Waals surface area contributed by atoms with Gasteiger partial charge in [-0.3, -0.25) is 9.59 Å². The second kappa shape index (κ2) is 8.11. The highest BCUT2D eigenvalue weighted by Crippen LogP contribution is 2.31. The van der Waals surface area contributed by atoms with Crippen LogP contribution in [0, 0.1) is 12.8 Å². The number of amides is 1. The first-order valence-electron chi connectivity index (χ1n) is 10.1. The SMILES string of the molecule is COc1ccc(C(=O)c2oc3cc(NC(=O)C4CCCCC4)ccc3c2C)cc1. The normalized spacial score (nSPS) is 14.7. The summed E-state index contributed by atoms with van der Waals surface area (Å²) in [6.45, 7) is 1.88. The molecule has 1 saturated carbocycles. The van der Waals surface area contributed by atoms with Crippen LogP contribution in [0.2, 0.25) is 0 Å². The lowest BCUT2D eigenvalue weighted by Gasteiger charge is -2.20. The Kier molecular flexibility index (Phi) is 5.38. The molecule has 0 spiro atoms. The quantitative estimate of drug-likeness (QED) is 0.583. The summed E-state index contributed by atoms with van der Waals surface area (Å²) in [4.78, 5) is 25.4. The molecule has 150 valence electrons. The molecule has 0 saturated heterocycles. The average molecular weight is 391 g/mol. The van der Waals surface area contributed by atoms with E-state index >= 15 is 0 Å². The van der Waals surface area contributed by atoms with Crippen molar-refractivity contribution in [2.24, 2.45) is 5.92 Å². The van der Waals surface area contributed by atoms with E-state index in [2.05, 4.69) is 5.32 Å². The molecule has 0 atom stereocenters. The number of hydrogen-bond acceptors (Lipinski definition) is 4. The van der Waals surface area contributed by atoms with Gasteiger partial charge in [0.2, 0.25) is 11.7 Å². The van der Waals surface area contributed by atoms with Gasteiger partial charge in [-0.2, -0.15) is 0 Å². The van der Waals surface area contributed by atoms with Crippen LogP contribution in [-0.2, 0) is 4.79 Å². The topological polar surface area (TPSA) is 68.5 Å². The number of ether oxygens (including phenoxy) is 1. The molecule has 1 aliphatic carbocycles. The molecule has 2 aromatic carbocycles. The molecule has 29 heavy (non-hydrogen) atoms. The molecule has 0 unspecified atom stereocenters. The van der Waals surface area contributed by atoms with Crippen molar-refractivity contribution < 1.29 is 18.7 Å². The first-order valence-corrected chi connectivity index (χ1v) is 10.1. The number of methoxy groups -OCH3 is 1. The van der Waals surface area contributed by atoms with E-state index in [9.17, 15) is 9.59 Å². The van der Waals surface area contributed by atoms with E-state index in [1.54, 1.807) is 37.4 Å². The van der Waals surface area contributed by atoms with E-state index < -0.39 is 0 Å². The van der Waals surface area contributed by atoms with Crippen molar-refractivity contribution in [3.63, 3.8) is 0 Å².